The second kappa shape index (κ2) is 9.54. The molecular formula is C21H18F7N3O5. The third-order valence-corrected chi connectivity index (χ3v) is 5.07. The number of ether oxygens (including phenoxy) is 1. The molecular weight excluding hydrogens is 507 g/mol. The van der Waals surface area contributed by atoms with E-state index in [2.05, 4.69) is 4.98 Å². The van der Waals surface area contributed by atoms with Gasteiger partial charge >= 0.3 is 18.4 Å². The second-order valence-electron chi connectivity index (χ2n) is 7.97. The molecule has 3 rings (SSSR count). The van der Waals surface area contributed by atoms with Gasteiger partial charge < -0.3 is 14.9 Å². The molecule has 2 N–H and O–H groups in total. The number of rotatable bonds is 4. The summed E-state index contributed by atoms with van der Waals surface area (Å²) in [5.41, 5.74) is -4.17. The number of benzene rings is 1. The number of halogens is 7. The van der Waals surface area contributed by atoms with E-state index in [1.807, 2.05) is 0 Å². The van der Waals surface area contributed by atoms with Crippen LogP contribution in [0.25, 0.3) is 0 Å². The first kappa shape index (κ1) is 27.1. The van der Waals surface area contributed by atoms with Crippen LogP contribution in [0.3, 0.4) is 0 Å². The average molecular weight is 525 g/mol. The number of carbonyl (C=O) groups excluding carboxylic acids is 2. The molecule has 2 atom stereocenters. The van der Waals surface area contributed by atoms with Crippen LogP contribution in [-0.2, 0) is 17.1 Å². The summed E-state index contributed by atoms with van der Waals surface area (Å²) in [7, 11) is 0. The van der Waals surface area contributed by atoms with Crippen LogP contribution in [0.2, 0.25) is 0 Å². The molecule has 1 saturated heterocycles. The van der Waals surface area contributed by atoms with Crippen molar-refractivity contribution in [2.75, 3.05) is 16.3 Å². The zero-order chi connectivity index (χ0) is 27.2. The molecule has 2 amide bonds. The van der Waals surface area contributed by atoms with Gasteiger partial charge in [-0.2, -0.15) is 26.3 Å². The molecule has 0 unspecified atom stereocenters. The Morgan fingerprint density at radius 1 is 1.11 bits per heavy atom. The smallest absolute Gasteiger partial charge is 0.405 e. The molecule has 0 spiro atoms. The molecule has 15 heteroatoms. The van der Waals surface area contributed by atoms with Crippen LogP contribution in [0.4, 0.5) is 47.0 Å². The number of nitrogens with zero attached hydrogens (tertiary/aromatic N) is 3. The Morgan fingerprint density at radius 3 is 2.14 bits per heavy atom. The number of aliphatic hydroxyl groups excluding tert-OH is 2. The first-order valence-electron chi connectivity index (χ1n) is 10.2. The fraction of sp³-hybridized carbons (Fsp3) is 0.381. The molecule has 1 fully saturated rings. The summed E-state index contributed by atoms with van der Waals surface area (Å²) in [5.74, 6) is -5.08. The summed E-state index contributed by atoms with van der Waals surface area (Å²) in [6, 6.07) is 2.96. The van der Waals surface area contributed by atoms with Crippen molar-refractivity contribution in [2.24, 2.45) is 0 Å². The molecule has 1 aliphatic heterocycles. The average Bonchev–Trinajstić information content (AvgIpc) is 3.00. The summed E-state index contributed by atoms with van der Waals surface area (Å²) in [6.45, 7) is 1.93. The lowest BCUT2D eigenvalue weighted by Gasteiger charge is -2.28. The van der Waals surface area contributed by atoms with E-state index in [1.165, 1.54) is 13.8 Å². The van der Waals surface area contributed by atoms with E-state index in [0.717, 1.165) is 29.2 Å². The number of pyridine rings is 1. The third-order valence-electron chi connectivity index (χ3n) is 5.07. The molecule has 1 aromatic heterocycles. The van der Waals surface area contributed by atoms with Gasteiger partial charge in [-0.1, -0.05) is 0 Å². The van der Waals surface area contributed by atoms with E-state index in [0.29, 0.717) is 0 Å². The van der Waals surface area contributed by atoms with E-state index in [1.54, 1.807) is 0 Å². The van der Waals surface area contributed by atoms with Gasteiger partial charge in [0.2, 0.25) is 0 Å². The Kier molecular flexibility index (Phi) is 7.19. The van der Waals surface area contributed by atoms with Gasteiger partial charge in [0.15, 0.2) is 17.7 Å². The molecule has 196 valence electrons. The van der Waals surface area contributed by atoms with E-state index >= 15 is 0 Å². The first-order valence-corrected chi connectivity index (χ1v) is 10.2. The van der Waals surface area contributed by atoms with Crippen molar-refractivity contribution in [2.45, 2.75) is 44.4 Å². The number of hydrogen-bond acceptors (Lipinski definition) is 6. The highest BCUT2D eigenvalue weighted by atomic mass is 19.4. The molecule has 2 heterocycles. The van der Waals surface area contributed by atoms with E-state index in [4.69, 9.17) is 4.74 Å². The van der Waals surface area contributed by atoms with Gasteiger partial charge in [0.25, 0.3) is 5.91 Å². The zero-order valence-electron chi connectivity index (χ0n) is 18.4. The Bertz CT molecular complexity index is 1150. The van der Waals surface area contributed by atoms with Crippen LogP contribution in [0.5, 0.6) is 5.75 Å². The largest absolute Gasteiger partial charge is 0.433 e. The maximum atomic E-state index is 13.9. The van der Waals surface area contributed by atoms with Crippen LogP contribution in [0.15, 0.2) is 30.3 Å². The van der Waals surface area contributed by atoms with Crippen molar-refractivity contribution >= 4 is 23.5 Å². The van der Waals surface area contributed by atoms with Gasteiger partial charge in [0, 0.05) is 11.7 Å². The Balaban J connectivity index is 2.21. The summed E-state index contributed by atoms with van der Waals surface area (Å²) in [6.07, 6.45) is -16.5. The van der Waals surface area contributed by atoms with Crippen molar-refractivity contribution in [1.29, 1.82) is 0 Å². The predicted octanol–water partition coefficient (Wildman–Crippen LogP) is 3.74. The lowest BCUT2D eigenvalue weighted by Crippen LogP contribution is -2.40. The predicted molar refractivity (Wildman–Crippen MR) is 109 cm³/mol. The molecule has 2 aromatic rings. The number of β-amino-alcohol motifs (C(OH)–C–C–N with tert-alkyl or cyclic N) is 1. The number of aliphatic hydroxyl groups is 2. The lowest BCUT2D eigenvalue weighted by atomic mass is 10.1. The lowest BCUT2D eigenvalue weighted by molar-refractivity contribution is -0.146. The second-order valence-corrected chi connectivity index (χ2v) is 7.97. The highest BCUT2D eigenvalue weighted by molar-refractivity contribution is 6.00. The van der Waals surface area contributed by atoms with Crippen molar-refractivity contribution in [3.63, 3.8) is 0 Å². The van der Waals surface area contributed by atoms with Gasteiger partial charge in [-0.25, -0.2) is 14.2 Å². The molecule has 0 saturated carbocycles. The van der Waals surface area contributed by atoms with Crippen molar-refractivity contribution < 1.29 is 55.3 Å². The van der Waals surface area contributed by atoms with Gasteiger partial charge in [-0.15, -0.1) is 0 Å². The summed E-state index contributed by atoms with van der Waals surface area (Å²) >= 11 is 0. The van der Waals surface area contributed by atoms with Gasteiger partial charge in [-0.3, -0.25) is 14.6 Å². The van der Waals surface area contributed by atoms with E-state index in [9.17, 15) is 50.5 Å². The minimum absolute atomic E-state index is 0.0190. The molecule has 1 aromatic carbocycles. The maximum Gasteiger partial charge on any atom is 0.433 e. The number of carbonyl (C=O) groups is 2. The number of aromatic nitrogens is 1. The minimum Gasteiger partial charge on any atom is -0.405 e. The van der Waals surface area contributed by atoms with Crippen LogP contribution in [0, 0.1) is 5.82 Å². The van der Waals surface area contributed by atoms with Gasteiger partial charge in [0.1, 0.15) is 23.2 Å². The topological polar surface area (TPSA) is 103 Å². The van der Waals surface area contributed by atoms with Crippen LogP contribution in [0.1, 0.15) is 25.1 Å². The fourth-order valence-electron chi connectivity index (χ4n) is 3.40. The quantitative estimate of drug-likeness (QED) is 0.590. The fourth-order valence-corrected chi connectivity index (χ4v) is 3.40. The maximum absolute atomic E-state index is 13.9. The van der Waals surface area contributed by atoms with Crippen molar-refractivity contribution in [1.82, 2.24) is 4.98 Å². The highest BCUT2D eigenvalue weighted by Gasteiger charge is 2.47. The highest BCUT2D eigenvalue weighted by Crippen LogP contribution is 2.45. The minimum atomic E-state index is -5.52. The molecule has 0 aliphatic carbocycles. The Morgan fingerprint density at radius 2 is 1.69 bits per heavy atom. The number of amides is 2. The van der Waals surface area contributed by atoms with Crippen molar-refractivity contribution in [3.8, 4) is 5.75 Å². The zero-order valence-corrected chi connectivity index (χ0v) is 18.4. The molecule has 8 nitrogen and oxygen atoms in total. The Hall–Kier alpha value is -3.46. The molecule has 36 heavy (non-hydrogen) atoms. The summed E-state index contributed by atoms with van der Waals surface area (Å²) < 4.78 is 99.9. The van der Waals surface area contributed by atoms with Crippen LogP contribution < -0.4 is 14.5 Å². The molecule has 0 radical (unpaired) electrons. The van der Waals surface area contributed by atoms with E-state index in [-0.39, 0.29) is 10.6 Å². The van der Waals surface area contributed by atoms with Crippen LogP contribution >= 0.6 is 0 Å². The number of hydrogen-bond donors (Lipinski definition) is 2. The van der Waals surface area contributed by atoms with Gasteiger partial charge in [-0.05, 0) is 44.2 Å². The molecule has 1 aliphatic rings. The van der Waals surface area contributed by atoms with Crippen LogP contribution in [-0.4, -0.2) is 52.0 Å². The van der Waals surface area contributed by atoms with E-state index < -0.39 is 83.9 Å². The number of anilines is 2. The Labute approximate surface area is 198 Å². The third kappa shape index (κ3) is 5.36. The molecule has 0 bridgehead atoms. The van der Waals surface area contributed by atoms with Crippen molar-refractivity contribution in [3.05, 3.63) is 47.4 Å². The summed E-state index contributed by atoms with van der Waals surface area (Å²) in [5, 5.41) is 19.4. The first-order chi connectivity index (χ1) is 16.5. The normalized spacial score (nSPS) is 18.7. The summed E-state index contributed by atoms with van der Waals surface area (Å²) in [4.78, 5) is 29.3. The van der Waals surface area contributed by atoms with Gasteiger partial charge in [0.05, 0.1) is 6.54 Å². The monoisotopic (exact) mass is 525 g/mol. The standard InChI is InChI=1S/C21H18F7N3O5/c1-9(2)31(11-5-3-10(22)4-6-11)19(35)36-16-12(20(23,24)25)7-14(21(26,27)28)29-17(16)30-8-13(32)15(33)18(30)34/h3-7,9,13,15,32-33H,8H2,1-2H3/t13-,15-/m0/s1. The SMILES string of the molecule is CC(C)N(C(=O)Oc1c(C(F)(F)F)cc(C(F)(F)F)nc1N1C[C@H](O)[C@H](O)C1=O)c1ccc(F)cc1. The number of alkyl halides is 6.